The standard InChI is InChI=1S/C25H17F6NO4/c1-11-8-35-24(36-9-11)15-5-16(28)20(23(33)34)22(31)21(15)25(10-32)6-17(29)19(18(30)7-25)12-2-13(26)4-14(27)3-12/h2-6,11,24H,7-9H2,1H3,(H,33,34). The molecule has 2 aliphatic rings. The molecule has 5 nitrogen and oxygen atoms in total. The average molecular weight is 509 g/mol. The maximum atomic E-state index is 15.6. The minimum atomic E-state index is -2.52. The van der Waals surface area contributed by atoms with Crippen LogP contribution in [0.3, 0.4) is 0 Å². The van der Waals surface area contributed by atoms with Crippen LogP contribution in [0.2, 0.25) is 0 Å². The Morgan fingerprint density at radius 2 is 1.67 bits per heavy atom. The molecular formula is C25H17F6NO4. The molecule has 188 valence electrons. The summed E-state index contributed by atoms with van der Waals surface area (Å²) in [6, 6.07) is 4.02. The highest BCUT2D eigenvalue weighted by atomic mass is 19.2. The van der Waals surface area contributed by atoms with Gasteiger partial charge in [0.05, 0.1) is 19.3 Å². The summed E-state index contributed by atoms with van der Waals surface area (Å²) in [6.07, 6.45) is -2.01. The Morgan fingerprint density at radius 1 is 1.06 bits per heavy atom. The van der Waals surface area contributed by atoms with Gasteiger partial charge in [0, 0.05) is 35.1 Å². The lowest BCUT2D eigenvalue weighted by Crippen LogP contribution is -2.33. The molecule has 1 atom stereocenters. The maximum Gasteiger partial charge on any atom is 0.341 e. The summed E-state index contributed by atoms with van der Waals surface area (Å²) in [4.78, 5) is 11.6. The molecular weight excluding hydrogens is 492 g/mol. The van der Waals surface area contributed by atoms with Gasteiger partial charge in [-0.3, -0.25) is 0 Å². The quantitative estimate of drug-likeness (QED) is 0.510. The number of nitrogens with zero attached hydrogens (tertiary/aromatic N) is 1. The SMILES string of the molecule is CC1COC(c2cc(F)c(C(=O)O)c(F)c2C2(C#N)C=C(F)C(c3cc(F)cc(F)c3)=C(F)C2)OC1. The Labute approximate surface area is 200 Å². The maximum absolute atomic E-state index is 15.6. The second kappa shape index (κ2) is 9.44. The van der Waals surface area contributed by atoms with Crippen LogP contribution in [0.15, 0.2) is 42.0 Å². The first-order chi connectivity index (χ1) is 17.0. The predicted molar refractivity (Wildman–Crippen MR) is 113 cm³/mol. The number of benzene rings is 2. The van der Waals surface area contributed by atoms with Crippen molar-refractivity contribution in [1.82, 2.24) is 0 Å². The molecule has 1 heterocycles. The van der Waals surface area contributed by atoms with Crippen LogP contribution in [-0.4, -0.2) is 24.3 Å². The molecule has 0 aromatic heterocycles. The smallest absolute Gasteiger partial charge is 0.341 e. The van der Waals surface area contributed by atoms with Crippen LogP contribution in [0.25, 0.3) is 5.57 Å². The molecule has 4 rings (SSSR count). The van der Waals surface area contributed by atoms with Gasteiger partial charge in [-0.05, 0) is 29.8 Å². The zero-order chi connectivity index (χ0) is 26.4. The Morgan fingerprint density at radius 3 is 2.19 bits per heavy atom. The van der Waals surface area contributed by atoms with Gasteiger partial charge in [0.2, 0.25) is 0 Å². The van der Waals surface area contributed by atoms with Crippen LogP contribution in [0.5, 0.6) is 0 Å². The number of nitriles is 1. The average Bonchev–Trinajstić information content (AvgIpc) is 2.77. The minimum absolute atomic E-state index is 0.0847. The van der Waals surface area contributed by atoms with Gasteiger partial charge in [-0.25, -0.2) is 31.1 Å². The lowest BCUT2D eigenvalue weighted by atomic mass is 9.71. The van der Waals surface area contributed by atoms with E-state index in [1.807, 2.05) is 0 Å². The van der Waals surface area contributed by atoms with E-state index in [0.717, 1.165) is 0 Å². The van der Waals surface area contributed by atoms with Gasteiger partial charge in [0.1, 0.15) is 45.9 Å². The molecule has 2 aromatic rings. The zero-order valence-electron chi connectivity index (χ0n) is 18.5. The van der Waals surface area contributed by atoms with E-state index in [1.165, 1.54) is 0 Å². The Kier molecular flexibility index (Phi) is 6.68. The molecule has 1 aliphatic carbocycles. The molecule has 0 bridgehead atoms. The van der Waals surface area contributed by atoms with E-state index in [1.54, 1.807) is 13.0 Å². The Balaban J connectivity index is 1.93. The van der Waals surface area contributed by atoms with Crippen molar-refractivity contribution in [1.29, 1.82) is 5.26 Å². The summed E-state index contributed by atoms with van der Waals surface area (Å²) in [6.45, 7) is 1.93. The second-order valence-corrected chi connectivity index (χ2v) is 8.61. The van der Waals surface area contributed by atoms with Crippen molar-refractivity contribution in [3.05, 3.63) is 87.5 Å². The molecule has 2 aromatic carbocycles. The van der Waals surface area contributed by atoms with Gasteiger partial charge in [-0.2, -0.15) is 5.26 Å². The van der Waals surface area contributed by atoms with Crippen molar-refractivity contribution in [2.45, 2.75) is 25.0 Å². The summed E-state index contributed by atoms with van der Waals surface area (Å²) in [5, 5.41) is 19.3. The number of ether oxygens (including phenoxy) is 2. The highest BCUT2D eigenvalue weighted by Gasteiger charge is 2.45. The third-order valence-electron chi connectivity index (χ3n) is 5.89. The number of rotatable bonds is 4. The van der Waals surface area contributed by atoms with Gasteiger partial charge in [-0.15, -0.1) is 0 Å². The summed E-state index contributed by atoms with van der Waals surface area (Å²) < 4.78 is 99.1. The summed E-state index contributed by atoms with van der Waals surface area (Å²) >= 11 is 0. The molecule has 0 spiro atoms. The van der Waals surface area contributed by atoms with E-state index in [0.29, 0.717) is 30.3 Å². The molecule has 1 saturated heterocycles. The van der Waals surface area contributed by atoms with Crippen molar-refractivity contribution in [2.24, 2.45) is 5.92 Å². The number of hydrogen-bond donors (Lipinski definition) is 1. The van der Waals surface area contributed by atoms with Crippen LogP contribution in [-0.2, 0) is 14.9 Å². The van der Waals surface area contributed by atoms with Crippen molar-refractivity contribution >= 4 is 11.5 Å². The van der Waals surface area contributed by atoms with Crippen LogP contribution >= 0.6 is 0 Å². The van der Waals surface area contributed by atoms with Crippen molar-refractivity contribution in [3.63, 3.8) is 0 Å². The monoisotopic (exact) mass is 509 g/mol. The van der Waals surface area contributed by atoms with Gasteiger partial charge >= 0.3 is 5.97 Å². The minimum Gasteiger partial charge on any atom is -0.477 e. The third-order valence-corrected chi connectivity index (χ3v) is 5.89. The number of hydrogen-bond acceptors (Lipinski definition) is 4. The van der Waals surface area contributed by atoms with Crippen molar-refractivity contribution < 1.29 is 45.7 Å². The van der Waals surface area contributed by atoms with Crippen molar-refractivity contribution in [2.75, 3.05) is 13.2 Å². The molecule has 1 fully saturated rings. The van der Waals surface area contributed by atoms with Gasteiger partial charge in [0.25, 0.3) is 0 Å². The fourth-order valence-corrected chi connectivity index (χ4v) is 4.34. The molecule has 1 aliphatic heterocycles. The summed E-state index contributed by atoms with van der Waals surface area (Å²) in [5.74, 6) is -10.4. The molecule has 0 radical (unpaired) electrons. The van der Waals surface area contributed by atoms with E-state index < -0.39 is 86.8 Å². The summed E-state index contributed by atoms with van der Waals surface area (Å²) in [7, 11) is 0. The van der Waals surface area contributed by atoms with E-state index >= 15 is 13.2 Å². The first kappa shape index (κ1) is 25.5. The number of halogens is 6. The van der Waals surface area contributed by atoms with E-state index in [4.69, 9.17) is 9.47 Å². The van der Waals surface area contributed by atoms with Gasteiger partial charge in [-0.1, -0.05) is 6.92 Å². The number of aromatic carboxylic acids is 1. The van der Waals surface area contributed by atoms with Crippen molar-refractivity contribution in [3.8, 4) is 6.07 Å². The number of carbonyl (C=O) groups is 1. The fraction of sp³-hybridized carbons (Fsp3) is 0.280. The van der Waals surface area contributed by atoms with Crippen LogP contribution in [0, 0.1) is 40.5 Å². The highest BCUT2D eigenvalue weighted by molar-refractivity contribution is 5.89. The third kappa shape index (κ3) is 4.38. The van der Waals surface area contributed by atoms with E-state index in [-0.39, 0.29) is 19.1 Å². The normalized spacial score (nSPS) is 24.3. The highest BCUT2D eigenvalue weighted by Crippen LogP contribution is 2.48. The van der Waals surface area contributed by atoms with Crippen LogP contribution in [0.1, 0.15) is 46.7 Å². The molecule has 1 unspecified atom stereocenters. The van der Waals surface area contributed by atoms with Gasteiger partial charge < -0.3 is 14.6 Å². The van der Waals surface area contributed by atoms with E-state index in [9.17, 15) is 28.3 Å². The van der Waals surface area contributed by atoms with Crippen LogP contribution in [0.4, 0.5) is 26.3 Å². The molecule has 36 heavy (non-hydrogen) atoms. The lowest BCUT2D eigenvalue weighted by molar-refractivity contribution is -0.202. The van der Waals surface area contributed by atoms with Crippen LogP contribution < -0.4 is 0 Å². The number of allylic oxidation sites excluding steroid dienone is 4. The molecule has 0 saturated carbocycles. The largest absolute Gasteiger partial charge is 0.477 e. The molecule has 11 heteroatoms. The van der Waals surface area contributed by atoms with Gasteiger partial charge in [0.15, 0.2) is 6.29 Å². The zero-order valence-corrected chi connectivity index (χ0v) is 18.5. The number of carboxylic acids is 1. The van der Waals surface area contributed by atoms with E-state index in [2.05, 4.69) is 0 Å². The topological polar surface area (TPSA) is 79.5 Å². The Hall–Kier alpha value is -3.62. The number of carboxylic acid groups (broad SMARTS) is 1. The lowest BCUT2D eigenvalue weighted by Gasteiger charge is -2.34. The fourth-order valence-electron chi connectivity index (χ4n) is 4.34. The second-order valence-electron chi connectivity index (χ2n) is 8.61. The summed E-state index contributed by atoms with van der Waals surface area (Å²) in [5.41, 5.74) is -6.64. The first-order valence-corrected chi connectivity index (χ1v) is 10.6. The predicted octanol–water partition coefficient (Wildman–Crippen LogP) is 6.02. The molecule has 0 amide bonds. The first-order valence-electron chi connectivity index (χ1n) is 10.6. The molecule has 1 N–H and O–H groups in total. The Bertz CT molecular complexity index is 1340.